The minimum absolute atomic E-state index is 0.0355. The summed E-state index contributed by atoms with van der Waals surface area (Å²) in [7, 11) is -5.78. The van der Waals surface area contributed by atoms with E-state index in [1.165, 1.54) is 12.1 Å². The Morgan fingerprint density at radius 2 is 1.80 bits per heavy atom. The Balaban J connectivity index is 1.78. The zero-order chi connectivity index (χ0) is 22.1. The second kappa shape index (κ2) is 6.43. The van der Waals surface area contributed by atoms with Gasteiger partial charge >= 0.3 is 15.6 Å². The molecule has 4 rings (SSSR count). The number of hydrogen-bond donors (Lipinski definition) is 0. The van der Waals surface area contributed by atoms with Gasteiger partial charge in [-0.3, -0.25) is 4.18 Å². The second-order valence-electron chi connectivity index (χ2n) is 8.19. The monoisotopic (exact) mass is 448 g/mol. The predicted octanol–water partition coefficient (Wildman–Crippen LogP) is 4.44. The molecule has 11 heteroatoms. The summed E-state index contributed by atoms with van der Waals surface area (Å²) in [5, 5.41) is 8.00. The maximum Gasteiger partial charge on any atom is 0.523 e. The van der Waals surface area contributed by atoms with Gasteiger partial charge < -0.3 is 0 Å². The molecule has 0 radical (unpaired) electrons. The molecule has 5 nitrogen and oxygen atoms in total. The minimum atomic E-state index is -5.78. The summed E-state index contributed by atoms with van der Waals surface area (Å²) in [5.74, 6) is -1.84. The van der Waals surface area contributed by atoms with Crippen LogP contribution in [0.2, 0.25) is 0 Å². The van der Waals surface area contributed by atoms with Crippen molar-refractivity contribution in [1.29, 1.82) is 0 Å². The summed E-state index contributed by atoms with van der Waals surface area (Å²) < 4.78 is 93.9. The highest BCUT2D eigenvalue weighted by Crippen LogP contribution is 2.67. The van der Waals surface area contributed by atoms with E-state index in [4.69, 9.17) is 0 Å². The molecule has 2 aliphatic carbocycles. The Labute approximate surface area is 169 Å². The summed E-state index contributed by atoms with van der Waals surface area (Å²) in [6.07, 6.45) is 0.896. The number of benzene rings is 1. The first-order chi connectivity index (χ1) is 13.8. The van der Waals surface area contributed by atoms with Crippen molar-refractivity contribution < 1.29 is 34.6 Å². The molecule has 0 saturated heterocycles. The fourth-order valence-corrected chi connectivity index (χ4v) is 5.35. The van der Waals surface area contributed by atoms with E-state index in [1.54, 1.807) is 13.8 Å². The fourth-order valence-electron chi connectivity index (χ4n) is 4.86. The molecule has 1 heterocycles. The van der Waals surface area contributed by atoms with Crippen LogP contribution in [0.5, 0.6) is 0 Å². The summed E-state index contributed by atoms with van der Waals surface area (Å²) in [5.41, 5.74) is -6.84. The highest BCUT2D eigenvalue weighted by molar-refractivity contribution is 7.87. The predicted molar refractivity (Wildman–Crippen MR) is 95.7 cm³/mol. The molecule has 1 aromatic heterocycles. The molecular formula is C19H17F5N2O3S. The van der Waals surface area contributed by atoms with Crippen LogP contribution in [0.4, 0.5) is 22.0 Å². The first-order valence-corrected chi connectivity index (χ1v) is 10.5. The van der Waals surface area contributed by atoms with Crippen molar-refractivity contribution >= 4 is 10.1 Å². The average Bonchev–Trinajstić information content (AvgIpc) is 3.00. The highest BCUT2D eigenvalue weighted by atomic mass is 32.2. The lowest BCUT2D eigenvalue weighted by atomic mass is 9.69. The maximum absolute atomic E-state index is 14.2. The first-order valence-electron chi connectivity index (χ1n) is 9.10. The Kier molecular flexibility index (Phi) is 4.52. The quantitative estimate of drug-likeness (QED) is 0.393. The van der Waals surface area contributed by atoms with Gasteiger partial charge in [-0.1, -0.05) is 19.9 Å². The number of nitrogens with zero attached hydrogens (tertiary/aromatic N) is 2. The van der Waals surface area contributed by atoms with Gasteiger partial charge in [-0.25, -0.2) is 8.78 Å². The molecule has 2 aromatic rings. The molecule has 1 fully saturated rings. The summed E-state index contributed by atoms with van der Waals surface area (Å²) in [6, 6.07) is 4.87. The van der Waals surface area contributed by atoms with Gasteiger partial charge in [0, 0.05) is 5.41 Å². The normalized spacial score (nSPS) is 24.8. The molecule has 162 valence electrons. The number of alkyl halides is 3. The van der Waals surface area contributed by atoms with Crippen LogP contribution in [0.1, 0.15) is 43.9 Å². The van der Waals surface area contributed by atoms with Crippen LogP contribution in [0, 0.1) is 17.0 Å². The molecule has 2 bridgehead atoms. The smallest absolute Gasteiger partial charge is 0.262 e. The van der Waals surface area contributed by atoms with E-state index in [0.717, 1.165) is 12.1 Å². The van der Waals surface area contributed by atoms with Gasteiger partial charge in [-0.2, -0.15) is 31.8 Å². The van der Waals surface area contributed by atoms with Gasteiger partial charge in [-0.05, 0) is 47.9 Å². The Morgan fingerprint density at radius 1 is 1.17 bits per heavy atom. The van der Waals surface area contributed by atoms with Crippen LogP contribution in [0.15, 0.2) is 24.3 Å². The molecule has 2 atom stereocenters. The Morgan fingerprint density at radius 3 is 2.40 bits per heavy atom. The highest BCUT2D eigenvalue weighted by Gasteiger charge is 2.64. The van der Waals surface area contributed by atoms with E-state index in [1.807, 2.05) is 0 Å². The van der Waals surface area contributed by atoms with Crippen molar-refractivity contribution in [2.75, 3.05) is 6.61 Å². The summed E-state index contributed by atoms with van der Waals surface area (Å²) in [4.78, 5) is 0. The topological polar surface area (TPSA) is 69.2 Å². The first kappa shape index (κ1) is 21.1. The van der Waals surface area contributed by atoms with E-state index >= 15 is 0 Å². The zero-order valence-electron chi connectivity index (χ0n) is 15.9. The van der Waals surface area contributed by atoms with Crippen LogP contribution in [-0.4, -0.2) is 30.7 Å². The van der Waals surface area contributed by atoms with Crippen LogP contribution >= 0.6 is 0 Å². The van der Waals surface area contributed by atoms with Crippen molar-refractivity contribution in [3.05, 3.63) is 47.2 Å². The van der Waals surface area contributed by atoms with Crippen LogP contribution < -0.4 is 0 Å². The molecule has 0 amide bonds. The molecule has 0 aliphatic heterocycles. The second-order valence-corrected chi connectivity index (χ2v) is 9.79. The standard InChI is InChI=1S/C19H17F5N2O3S/c1-17(2)11-6-7-18(17,9-29-30(27,28)19(22,23)24)16-10(11)8-14(25-26-16)15-12(20)4-3-5-13(15)21/h3-5,8,11H,6-7,9H2,1-2H3/t11-,18+/m0/s1. The third kappa shape index (κ3) is 2.78. The molecule has 30 heavy (non-hydrogen) atoms. The van der Waals surface area contributed by atoms with E-state index in [9.17, 15) is 30.4 Å². The van der Waals surface area contributed by atoms with Gasteiger partial charge in [0.25, 0.3) is 0 Å². The van der Waals surface area contributed by atoms with Gasteiger partial charge in [0.15, 0.2) is 0 Å². The van der Waals surface area contributed by atoms with Crippen molar-refractivity contribution in [2.45, 2.75) is 43.5 Å². The number of hydrogen-bond acceptors (Lipinski definition) is 5. The molecule has 0 N–H and O–H groups in total. The largest absolute Gasteiger partial charge is 0.523 e. The Bertz CT molecular complexity index is 1110. The van der Waals surface area contributed by atoms with Gasteiger partial charge in [0.05, 0.1) is 23.6 Å². The number of halogens is 5. The molecule has 2 aliphatic rings. The molecular weight excluding hydrogens is 431 g/mol. The van der Waals surface area contributed by atoms with Crippen LogP contribution in [0.25, 0.3) is 11.3 Å². The molecule has 0 unspecified atom stereocenters. The van der Waals surface area contributed by atoms with Crippen LogP contribution in [0.3, 0.4) is 0 Å². The van der Waals surface area contributed by atoms with Crippen LogP contribution in [-0.2, 0) is 19.7 Å². The van der Waals surface area contributed by atoms with E-state index < -0.39 is 44.7 Å². The maximum atomic E-state index is 14.2. The number of rotatable bonds is 4. The van der Waals surface area contributed by atoms with Gasteiger partial charge in [0.1, 0.15) is 11.6 Å². The van der Waals surface area contributed by atoms with Gasteiger partial charge in [0.2, 0.25) is 0 Å². The lowest BCUT2D eigenvalue weighted by Crippen LogP contribution is -2.42. The van der Waals surface area contributed by atoms with Crippen molar-refractivity contribution in [3.63, 3.8) is 0 Å². The molecule has 0 spiro atoms. The minimum Gasteiger partial charge on any atom is -0.262 e. The lowest BCUT2D eigenvalue weighted by Gasteiger charge is -2.37. The van der Waals surface area contributed by atoms with Crippen molar-refractivity contribution in [3.8, 4) is 11.3 Å². The van der Waals surface area contributed by atoms with Gasteiger partial charge in [-0.15, -0.1) is 0 Å². The third-order valence-corrected chi connectivity index (χ3v) is 7.57. The van der Waals surface area contributed by atoms with E-state index in [-0.39, 0.29) is 17.2 Å². The van der Waals surface area contributed by atoms with E-state index in [2.05, 4.69) is 14.4 Å². The Hall–Kier alpha value is -2.14. The summed E-state index contributed by atoms with van der Waals surface area (Å²) >= 11 is 0. The molecule has 1 aromatic carbocycles. The summed E-state index contributed by atoms with van der Waals surface area (Å²) in [6.45, 7) is 2.84. The third-order valence-electron chi connectivity index (χ3n) is 6.58. The number of fused-ring (bicyclic) bond motifs is 5. The molecule has 1 saturated carbocycles. The lowest BCUT2D eigenvalue weighted by molar-refractivity contribution is -0.0566. The number of aromatic nitrogens is 2. The average molecular weight is 448 g/mol. The van der Waals surface area contributed by atoms with Crippen molar-refractivity contribution in [1.82, 2.24) is 10.2 Å². The van der Waals surface area contributed by atoms with E-state index in [0.29, 0.717) is 24.1 Å². The fraction of sp³-hybridized carbons (Fsp3) is 0.474. The van der Waals surface area contributed by atoms with Crippen molar-refractivity contribution in [2.24, 2.45) is 5.41 Å². The SMILES string of the molecule is CC1(C)[C@H]2CC[C@@]1(COS(=O)(=O)C(F)(F)F)c1nnc(-c3c(F)cccc3F)cc12. The zero-order valence-corrected chi connectivity index (χ0v) is 16.7.